The van der Waals surface area contributed by atoms with Crippen LogP contribution in [-0.4, -0.2) is 0 Å². The second kappa shape index (κ2) is 3.94. The van der Waals surface area contributed by atoms with Crippen molar-refractivity contribution >= 4 is 0 Å². The fraction of sp³-hybridized carbons (Fsp3) is 0.818. The molecule has 0 aromatic carbocycles. The predicted molar refractivity (Wildman–Crippen MR) is 50.6 cm³/mol. The molecule has 0 aromatic rings. The van der Waals surface area contributed by atoms with E-state index in [1.807, 2.05) is 0 Å². The molecule has 0 saturated heterocycles. The number of hydrogen-bond acceptors (Lipinski definition) is 0. The van der Waals surface area contributed by atoms with E-state index in [0.717, 1.165) is 11.8 Å². The molecule has 1 aliphatic rings. The lowest BCUT2D eigenvalue weighted by molar-refractivity contribution is 0.336. The summed E-state index contributed by atoms with van der Waals surface area (Å²) in [6.45, 7) is 7.02. The van der Waals surface area contributed by atoms with E-state index < -0.39 is 0 Å². The largest absolute Gasteiger partial charge is 0.0809 e. The van der Waals surface area contributed by atoms with Crippen LogP contribution < -0.4 is 0 Å². The first-order chi connectivity index (χ1) is 5.27. The zero-order chi connectivity index (χ0) is 8.27. The third kappa shape index (κ3) is 2.69. The fourth-order valence-electron chi connectivity index (χ4n) is 1.91. The topological polar surface area (TPSA) is 0 Å². The van der Waals surface area contributed by atoms with Crippen LogP contribution >= 0.6 is 0 Å². The van der Waals surface area contributed by atoms with Gasteiger partial charge in [-0.3, -0.25) is 0 Å². The monoisotopic (exact) mass is 152 g/mol. The van der Waals surface area contributed by atoms with Crippen molar-refractivity contribution in [3.05, 3.63) is 11.6 Å². The van der Waals surface area contributed by atoms with Crippen molar-refractivity contribution in [1.29, 1.82) is 0 Å². The van der Waals surface area contributed by atoms with Gasteiger partial charge in [0.1, 0.15) is 0 Å². The van der Waals surface area contributed by atoms with Crippen LogP contribution in [0.2, 0.25) is 0 Å². The maximum absolute atomic E-state index is 2.40. The molecule has 1 atom stereocenters. The zero-order valence-electron chi connectivity index (χ0n) is 8.06. The quantitative estimate of drug-likeness (QED) is 0.526. The molecule has 0 aromatic heterocycles. The molecule has 0 aliphatic heterocycles. The first kappa shape index (κ1) is 8.83. The Balaban J connectivity index is 2.24. The lowest BCUT2D eigenvalue weighted by Crippen LogP contribution is -2.09. The van der Waals surface area contributed by atoms with Gasteiger partial charge in [-0.15, -0.1) is 0 Å². The van der Waals surface area contributed by atoms with E-state index in [1.54, 1.807) is 5.57 Å². The second-order valence-electron chi connectivity index (χ2n) is 3.82. The standard InChI is InChI=1S/C11H20/c1-4-11(5-2)9(3)8-10-6-7-10/h6,9,11H,4-5,7-8H2,1-3H3. The SMILES string of the molecule is CCC(CC)C(C)CC1=CC1. The van der Waals surface area contributed by atoms with E-state index >= 15 is 0 Å². The highest BCUT2D eigenvalue weighted by molar-refractivity contribution is 5.21. The van der Waals surface area contributed by atoms with E-state index in [1.165, 1.54) is 25.7 Å². The minimum Gasteiger partial charge on any atom is -0.0809 e. The van der Waals surface area contributed by atoms with Crippen molar-refractivity contribution < 1.29 is 0 Å². The minimum absolute atomic E-state index is 0.916. The van der Waals surface area contributed by atoms with Gasteiger partial charge in [-0.1, -0.05) is 45.3 Å². The Morgan fingerprint density at radius 1 is 1.36 bits per heavy atom. The van der Waals surface area contributed by atoms with Crippen molar-refractivity contribution in [2.24, 2.45) is 11.8 Å². The summed E-state index contributed by atoms with van der Waals surface area (Å²) in [6, 6.07) is 0. The molecule has 0 nitrogen and oxygen atoms in total. The van der Waals surface area contributed by atoms with Crippen LogP contribution in [0.5, 0.6) is 0 Å². The summed E-state index contributed by atoms with van der Waals surface area (Å²) in [6.07, 6.45) is 7.74. The summed E-state index contributed by atoms with van der Waals surface area (Å²) in [5.41, 5.74) is 1.70. The molecule has 0 radical (unpaired) electrons. The second-order valence-corrected chi connectivity index (χ2v) is 3.82. The van der Waals surface area contributed by atoms with Crippen molar-refractivity contribution in [2.75, 3.05) is 0 Å². The zero-order valence-corrected chi connectivity index (χ0v) is 8.06. The summed E-state index contributed by atoms with van der Waals surface area (Å²) in [5, 5.41) is 0. The third-order valence-electron chi connectivity index (χ3n) is 2.93. The number of rotatable bonds is 5. The summed E-state index contributed by atoms with van der Waals surface area (Å²) in [7, 11) is 0. The van der Waals surface area contributed by atoms with Crippen LogP contribution in [0.1, 0.15) is 46.5 Å². The Bertz CT molecular complexity index is 140. The average Bonchev–Trinajstić information content (AvgIpc) is 2.74. The van der Waals surface area contributed by atoms with E-state index in [2.05, 4.69) is 26.8 Å². The fourth-order valence-corrected chi connectivity index (χ4v) is 1.91. The van der Waals surface area contributed by atoms with Crippen LogP contribution in [0.15, 0.2) is 11.6 Å². The maximum atomic E-state index is 2.40. The molecular formula is C11H20. The highest BCUT2D eigenvalue weighted by Crippen LogP contribution is 2.32. The van der Waals surface area contributed by atoms with Crippen LogP contribution in [0, 0.1) is 11.8 Å². The summed E-state index contributed by atoms with van der Waals surface area (Å²) >= 11 is 0. The van der Waals surface area contributed by atoms with Crippen LogP contribution in [-0.2, 0) is 0 Å². The van der Waals surface area contributed by atoms with Gasteiger partial charge in [0, 0.05) is 0 Å². The summed E-state index contributed by atoms with van der Waals surface area (Å²) in [4.78, 5) is 0. The van der Waals surface area contributed by atoms with Crippen LogP contribution in [0.4, 0.5) is 0 Å². The van der Waals surface area contributed by atoms with E-state index in [-0.39, 0.29) is 0 Å². The Morgan fingerprint density at radius 3 is 2.27 bits per heavy atom. The van der Waals surface area contributed by atoms with Gasteiger partial charge in [-0.2, -0.15) is 0 Å². The highest BCUT2D eigenvalue weighted by Gasteiger charge is 2.17. The van der Waals surface area contributed by atoms with Gasteiger partial charge in [-0.05, 0) is 24.7 Å². The molecule has 1 rings (SSSR count). The molecule has 64 valence electrons. The first-order valence-corrected chi connectivity index (χ1v) is 4.95. The molecule has 11 heavy (non-hydrogen) atoms. The van der Waals surface area contributed by atoms with Crippen molar-refractivity contribution in [3.8, 4) is 0 Å². The number of hydrogen-bond donors (Lipinski definition) is 0. The minimum atomic E-state index is 0.916. The Labute approximate surface area is 70.7 Å². The van der Waals surface area contributed by atoms with Crippen LogP contribution in [0.25, 0.3) is 0 Å². The maximum Gasteiger partial charge on any atom is -0.0136 e. The van der Waals surface area contributed by atoms with E-state index in [9.17, 15) is 0 Å². The molecule has 0 saturated carbocycles. The van der Waals surface area contributed by atoms with Gasteiger partial charge >= 0.3 is 0 Å². The van der Waals surface area contributed by atoms with Gasteiger partial charge in [0.15, 0.2) is 0 Å². The van der Waals surface area contributed by atoms with Gasteiger partial charge in [0.2, 0.25) is 0 Å². The van der Waals surface area contributed by atoms with Gasteiger partial charge < -0.3 is 0 Å². The van der Waals surface area contributed by atoms with Gasteiger partial charge in [0.05, 0.1) is 0 Å². The third-order valence-corrected chi connectivity index (χ3v) is 2.93. The molecule has 0 fully saturated rings. The van der Waals surface area contributed by atoms with Crippen molar-refractivity contribution in [3.63, 3.8) is 0 Å². The van der Waals surface area contributed by atoms with Gasteiger partial charge in [-0.25, -0.2) is 0 Å². The smallest absolute Gasteiger partial charge is 0.0136 e. The Kier molecular flexibility index (Phi) is 3.16. The van der Waals surface area contributed by atoms with E-state index in [0.29, 0.717) is 0 Å². The molecule has 0 bridgehead atoms. The molecule has 0 heterocycles. The van der Waals surface area contributed by atoms with Crippen molar-refractivity contribution in [1.82, 2.24) is 0 Å². The molecule has 1 unspecified atom stereocenters. The molecule has 1 aliphatic carbocycles. The highest BCUT2D eigenvalue weighted by atomic mass is 14.2. The van der Waals surface area contributed by atoms with Crippen LogP contribution in [0.3, 0.4) is 0 Å². The Morgan fingerprint density at radius 2 is 1.91 bits per heavy atom. The van der Waals surface area contributed by atoms with E-state index in [4.69, 9.17) is 0 Å². The lowest BCUT2D eigenvalue weighted by atomic mass is 9.86. The van der Waals surface area contributed by atoms with Crippen molar-refractivity contribution in [2.45, 2.75) is 46.5 Å². The molecule has 0 heteroatoms. The first-order valence-electron chi connectivity index (χ1n) is 4.95. The van der Waals surface area contributed by atoms with Gasteiger partial charge in [0.25, 0.3) is 0 Å². The predicted octanol–water partition coefficient (Wildman–Crippen LogP) is 3.78. The molecular weight excluding hydrogens is 132 g/mol. The number of allylic oxidation sites excluding steroid dienone is 2. The normalized spacial score (nSPS) is 18.4. The molecule has 0 N–H and O–H groups in total. The Hall–Kier alpha value is -0.260. The molecule has 0 amide bonds. The lowest BCUT2D eigenvalue weighted by Gasteiger charge is -2.19. The molecule has 0 spiro atoms. The average molecular weight is 152 g/mol. The summed E-state index contributed by atoms with van der Waals surface area (Å²) < 4.78 is 0. The summed E-state index contributed by atoms with van der Waals surface area (Å²) in [5.74, 6) is 1.87.